The Kier molecular flexibility index (Phi) is 2.84. The molecule has 12 heavy (non-hydrogen) atoms. The van der Waals surface area contributed by atoms with Crippen molar-refractivity contribution in [2.24, 2.45) is 5.92 Å². The maximum absolute atomic E-state index is 11.1. The Balaban J connectivity index is 2.50. The van der Waals surface area contributed by atoms with Crippen LogP contribution in [0.4, 0.5) is 0 Å². The van der Waals surface area contributed by atoms with Crippen molar-refractivity contribution in [3.63, 3.8) is 0 Å². The summed E-state index contributed by atoms with van der Waals surface area (Å²) in [4.78, 5) is 22.0. The molecule has 0 aromatic carbocycles. The zero-order chi connectivity index (χ0) is 9.14. The molecule has 2 atom stereocenters. The van der Waals surface area contributed by atoms with Crippen LogP contribution >= 0.6 is 0 Å². The lowest BCUT2D eigenvalue weighted by atomic mass is 9.99. The molecule has 0 bridgehead atoms. The topological polar surface area (TPSA) is 43.4 Å². The van der Waals surface area contributed by atoms with Gasteiger partial charge in [-0.15, -0.1) is 0 Å². The number of Topliss-reactive ketones (excluding diaryl/α,β-unsaturated/α-hetero) is 1. The van der Waals surface area contributed by atoms with E-state index >= 15 is 0 Å². The molecule has 1 aliphatic rings. The molecule has 1 heterocycles. The van der Waals surface area contributed by atoms with Gasteiger partial charge in [-0.3, -0.25) is 9.59 Å². The minimum absolute atomic E-state index is 0.0381. The summed E-state index contributed by atoms with van der Waals surface area (Å²) < 4.78 is 4.90. The van der Waals surface area contributed by atoms with E-state index in [1.807, 2.05) is 6.92 Å². The van der Waals surface area contributed by atoms with Crippen molar-refractivity contribution in [3.05, 3.63) is 0 Å². The first kappa shape index (κ1) is 9.23. The van der Waals surface area contributed by atoms with E-state index in [1.54, 1.807) is 0 Å². The van der Waals surface area contributed by atoms with Crippen molar-refractivity contribution in [1.82, 2.24) is 0 Å². The highest BCUT2D eigenvalue weighted by Crippen LogP contribution is 2.25. The second-order valence-electron chi connectivity index (χ2n) is 3.26. The first-order valence-corrected chi connectivity index (χ1v) is 4.36. The third kappa shape index (κ3) is 1.84. The maximum Gasteiger partial charge on any atom is 0.309 e. The summed E-state index contributed by atoms with van der Waals surface area (Å²) in [7, 11) is 0. The van der Waals surface area contributed by atoms with Crippen molar-refractivity contribution in [2.45, 2.75) is 39.2 Å². The molecule has 0 aromatic rings. The summed E-state index contributed by atoms with van der Waals surface area (Å²) in [6.07, 6.45) is 1.92. The van der Waals surface area contributed by atoms with E-state index in [1.165, 1.54) is 6.92 Å². The molecule has 3 nitrogen and oxygen atoms in total. The van der Waals surface area contributed by atoms with Gasteiger partial charge < -0.3 is 4.74 Å². The van der Waals surface area contributed by atoms with E-state index in [0.29, 0.717) is 6.42 Å². The standard InChI is InChI=1S/C9H14O3/c1-3-4-7-5-8(6(2)10)12-9(7)11/h7-8H,3-5H2,1-2H3. The number of carbonyl (C=O) groups excluding carboxylic acids is 2. The number of rotatable bonds is 3. The van der Waals surface area contributed by atoms with Gasteiger partial charge in [-0.2, -0.15) is 0 Å². The van der Waals surface area contributed by atoms with E-state index in [-0.39, 0.29) is 17.7 Å². The zero-order valence-corrected chi connectivity index (χ0v) is 7.50. The molecule has 2 unspecified atom stereocenters. The number of ether oxygens (including phenoxy) is 1. The molecule has 0 N–H and O–H groups in total. The summed E-state index contributed by atoms with van der Waals surface area (Å²) in [5, 5.41) is 0. The smallest absolute Gasteiger partial charge is 0.309 e. The Bertz CT molecular complexity index is 198. The van der Waals surface area contributed by atoms with Crippen LogP contribution in [0.15, 0.2) is 0 Å². The molecule has 0 radical (unpaired) electrons. The van der Waals surface area contributed by atoms with Crippen LogP contribution in [0.25, 0.3) is 0 Å². The fourth-order valence-corrected chi connectivity index (χ4v) is 1.47. The average Bonchev–Trinajstić information content (AvgIpc) is 2.34. The fraction of sp³-hybridized carbons (Fsp3) is 0.778. The quantitative estimate of drug-likeness (QED) is 0.600. The van der Waals surface area contributed by atoms with Crippen molar-refractivity contribution in [1.29, 1.82) is 0 Å². The number of esters is 1. The van der Waals surface area contributed by atoms with Gasteiger partial charge in [-0.05, 0) is 13.3 Å². The zero-order valence-electron chi connectivity index (χ0n) is 7.50. The van der Waals surface area contributed by atoms with Crippen LogP contribution in [0.5, 0.6) is 0 Å². The summed E-state index contributed by atoms with van der Waals surface area (Å²) in [6.45, 7) is 3.49. The predicted octanol–water partition coefficient (Wildman–Crippen LogP) is 1.31. The van der Waals surface area contributed by atoms with Crippen LogP contribution in [-0.4, -0.2) is 17.9 Å². The minimum Gasteiger partial charge on any atom is -0.454 e. The van der Waals surface area contributed by atoms with Gasteiger partial charge in [0.1, 0.15) is 0 Å². The molecule has 68 valence electrons. The predicted molar refractivity (Wildman–Crippen MR) is 43.6 cm³/mol. The van der Waals surface area contributed by atoms with Crippen LogP contribution in [0, 0.1) is 5.92 Å². The Labute approximate surface area is 72.1 Å². The molecule has 0 aliphatic carbocycles. The average molecular weight is 170 g/mol. The molecule has 1 rings (SSSR count). The lowest BCUT2D eigenvalue weighted by Crippen LogP contribution is -2.16. The minimum atomic E-state index is -0.464. The number of carbonyl (C=O) groups is 2. The van der Waals surface area contributed by atoms with Crippen molar-refractivity contribution in [3.8, 4) is 0 Å². The van der Waals surface area contributed by atoms with E-state index in [2.05, 4.69) is 0 Å². The van der Waals surface area contributed by atoms with Gasteiger partial charge in [0.05, 0.1) is 5.92 Å². The molecule has 0 aromatic heterocycles. The van der Waals surface area contributed by atoms with Gasteiger partial charge in [-0.1, -0.05) is 13.3 Å². The molecular formula is C9H14O3. The first-order valence-electron chi connectivity index (χ1n) is 4.36. The van der Waals surface area contributed by atoms with Gasteiger partial charge in [0.2, 0.25) is 0 Å². The lowest BCUT2D eigenvalue weighted by Gasteiger charge is -2.01. The van der Waals surface area contributed by atoms with E-state index in [0.717, 1.165) is 12.8 Å². The summed E-state index contributed by atoms with van der Waals surface area (Å²) in [6, 6.07) is 0. The Morgan fingerprint density at radius 2 is 2.33 bits per heavy atom. The monoisotopic (exact) mass is 170 g/mol. The Hall–Kier alpha value is -0.860. The number of hydrogen-bond acceptors (Lipinski definition) is 3. The highest BCUT2D eigenvalue weighted by molar-refractivity contribution is 5.87. The second-order valence-corrected chi connectivity index (χ2v) is 3.26. The SMILES string of the molecule is CCCC1CC(C(C)=O)OC1=O. The Morgan fingerprint density at radius 3 is 2.75 bits per heavy atom. The second kappa shape index (κ2) is 3.70. The van der Waals surface area contributed by atoms with E-state index in [4.69, 9.17) is 4.74 Å². The lowest BCUT2D eigenvalue weighted by molar-refractivity contribution is -0.148. The molecule has 0 spiro atoms. The highest BCUT2D eigenvalue weighted by atomic mass is 16.6. The van der Waals surface area contributed by atoms with E-state index in [9.17, 15) is 9.59 Å². The molecule has 1 saturated heterocycles. The fourth-order valence-electron chi connectivity index (χ4n) is 1.47. The summed E-state index contributed by atoms with van der Waals surface area (Å²) in [5.74, 6) is -0.275. The highest BCUT2D eigenvalue weighted by Gasteiger charge is 2.35. The third-order valence-corrected chi connectivity index (χ3v) is 2.18. The first-order chi connectivity index (χ1) is 5.65. The Morgan fingerprint density at radius 1 is 1.67 bits per heavy atom. The van der Waals surface area contributed by atoms with E-state index < -0.39 is 6.10 Å². The molecule has 0 amide bonds. The van der Waals surface area contributed by atoms with Crippen LogP contribution in [0.2, 0.25) is 0 Å². The van der Waals surface area contributed by atoms with Crippen molar-refractivity contribution < 1.29 is 14.3 Å². The number of hydrogen-bond donors (Lipinski definition) is 0. The van der Waals surface area contributed by atoms with Crippen LogP contribution in [-0.2, 0) is 14.3 Å². The molecule has 1 aliphatic heterocycles. The molecule has 1 fully saturated rings. The van der Waals surface area contributed by atoms with Gasteiger partial charge in [0.25, 0.3) is 0 Å². The largest absolute Gasteiger partial charge is 0.454 e. The van der Waals surface area contributed by atoms with Crippen LogP contribution in [0.3, 0.4) is 0 Å². The maximum atomic E-state index is 11.1. The van der Waals surface area contributed by atoms with Crippen LogP contribution in [0.1, 0.15) is 33.1 Å². The molecule has 3 heteroatoms. The normalized spacial score (nSPS) is 28.7. The number of ketones is 1. The van der Waals surface area contributed by atoms with Gasteiger partial charge in [0.15, 0.2) is 11.9 Å². The number of cyclic esters (lactones) is 1. The summed E-state index contributed by atoms with van der Waals surface area (Å²) >= 11 is 0. The van der Waals surface area contributed by atoms with Crippen molar-refractivity contribution in [2.75, 3.05) is 0 Å². The third-order valence-electron chi connectivity index (χ3n) is 2.18. The van der Waals surface area contributed by atoms with Gasteiger partial charge in [-0.25, -0.2) is 0 Å². The molecular weight excluding hydrogens is 156 g/mol. The van der Waals surface area contributed by atoms with Gasteiger partial charge >= 0.3 is 5.97 Å². The summed E-state index contributed by atoms with van der Waals surface area (Å²) in [5.41, 5.74) is 0. The van der Waals surface area contributed by atoms with Crippen molar-refractivity contribution >= 4 is 11.8 Å². The molecule has 0 saturated carbocycles. The van der Waals surface area contributed by atoms with Gasteiger partial charge in [0, 0.05) is 6.42 Å². The van der Waals surface area contributed by atoms with Crippen LogP contribution < -0.4 is 0 Å².